The summed E-state index contributed by atoms with van der Waals surface area (Å²) in [5.74, 6) is 0. The zero-order valence-electron chi connectivity index (χ0n) is 4.47. The Bertz CT molecular complexity index is 80.5. The summed E-state index contributed by atoms with van der Waals surface area (Å²) in [5.41, 5.74) is 0. The van der Waals surface area contributed by atoms with Crippen LogP contribution in [0.25, 0.3) is 0 Å². The van der Waals surface area contributed by atoms with E-state index in [0.717, 1.165) is 0 Å². The van der Waals surface area contributed by atoms with E-state index in [2.05, 4.69) is 0 Å². The van der Waals surface area contributed by atoms with Gasteiger partial charge in [0, 0.05) is 18.1 Å². The van der Waals surface area contributed by atoms with Crippen molar-refractivity contribution in [2.75, 3.05) is 13.2 Å². The number of halogens is 1. The highest BCUT2D eigenvalue weighted by Crippen LogP contribution is 2.03. The zero-order valence-corrected chi connectivity index (χ0v) is 5.23. The van der Waals surface area contributed by atoms with Crippen LogP contribution < -0.4 is 0 Å². The third-order valence-corrected chi connectivity index (χ3v) is 1.01. The SMILES string of the molecule is OCC=C(Cl)CCO. The van der Waals surface area contributed by atoms with Crippen molar-refractivity contribution in [2.24, 2.45) is 0 Å². The summed E-state index contributed by atoms with van der Waals surface area (Å²) in [6, 6.07) is 0. The van der Waals surface area contributed by atoms with E-state index < -0.39 is 0 Å². The molecule has 0 atom stereocenters. The van der Waals surface area contributed by atoms with E-state index >= 15 is 0 Å². The van der Waals surface area contributed by atoms with Crippen LogP contribution in [0.3, 0.4) is 0 Å². The molecule has 8 heavy (non-hydrogen) atoms. The van der Waals surface area contributed by atoms with Gasteiger partial charge >= 0.3 is 0 Å². The lowest BCUT2D eigenvalue weighted by molar-refractivity contribution is 0.300. The van der Waals surface area contributed by atoms with Gasteiger partial charge in [0.25, 0.3) is 0 Å². The van der Waals surface area contributed by atoms with Crippen LogP contribution in [-0.4, -0.2) is 23.4 Å². The molecule has 0 unspecified atom stereocenters. The molecule has 0 aromatic carbocycles. The molecule has 0 heterocycles. The first-order valence-corrected chi connectivity index (χ1v) is 2.75. The molecule has 0 bridgehead atoms. The maximum absolute atomic E-state index is 8.26. The Hall–Kier alpha value is -0.0500. The highest BCUT2D eigenvalue weighted by molar-refractivity contribution is 6.29. The first-order chi connectivity index (χ1) is 3.81. The van der Waals surface area contributed by atoms with Gasteiger partial charge in [-0.1, -0.05) is 11.6 Å². The lowest BCUT2D eigenvalue weighted by atomic mass is 10.4. The van der Waals surface area contributed by atoms with Crippen LogP contribution >= 0.6 is 11.6 Å². The van der Waals surface area contributed by atoms with E-state index in [1.807, 2.05) is 0 Å². The second-order valence-electron chi connectivity index (χ2n) is 1.31. The standard InChI is InChI=1S/C5H9ClO2/c6-5(1-3-7)2-4-8/h1,7-8H,2-4H2. The minimum Gasteiger partial charge on any atom is -0.396 e. The molecule has 2 nitrogen and oxygen atoms in total. The quantitative estimate of drug-likeness (QED) is 0.593. The molecule has 0 saturated heterocycles. The number of rotatable bonds is 3. The van der Waals surface area contributed by atoms with Gasteiger partial charge in [-0.05, 0) is 6.08 Å². The van der Waals surface area contributed by atoms with Gasteiger partial charge in [0.2, 0.25) is 0 Å². The van der Waals surface area contributed by atoms with Crippen molar-refractivity contribution in [2.45, 2.75) is 6.42 Å². The van der Waals surface area contributed by atoms with Gasteiger partial charge in [-0.25, -0.2) is 0 Å². The Balaban J connectivity index is 3.29. The fraction of sp³-hybridized carbons (Fsp3) is 0.600. The number of hydrogen-bond acceptors (Lipinski definition) is 2. The summed E-state index contributed by atoms with van der Waals surface area (Å²) >= 11 is 5.42. The van der Waals surface area contributed by atoms with Gasteiger partial charge in [0.15, 0.2) is 0 Å². The third-order valence-electron chi connectivity index (χ3n) is 0.663. The molecule has 3 heteroatoms. The second kappa shape index (κ2) is 5.09. The molecule has 0 saturated carbocycles. The van der Waals surface area contributed by atoms with Gasteiger partial charge in [0.1, 0.15) is 0 Å². The van der Waals surface area contributed by atoms with E-state index in [0.29, 0.717) is 11.5 Å². The summed E-state index contributed by atoms with van der Waals surface area (Å²) in [6.45, 7) is -0.0197. The Kier molecular flexibility index (Phi) is 5.06. The molecule has 0 aliphatic heterocycles. The molecular weight excluding hydrogens is 128 g/mol. The van der Waals surface area contributed by atoms with Crippen LogP contribution in [0, 0.1) is 0 Å². The molecule has 0 aromatic heterocycles. The van der Waals surface area contributed by atoms with Crippen molar-refractivity contribution < 1.29 is 10.2 Å². The van der Waals surface area contributed by atoms with Crippen LogP contribution in [0.4, 0.5) is 0 Å². The maximum Gasteiger partial charge on any atom is 0.0626 e. The van der Waals surface area contributed by atoms with Crippen LogP contribution in [0.15, 0.2) is 11.1 Å². The second-order valence-corrected chi connectivity index (χ2v) is 1.79. The van der Waals surface area contributed by atoms with Crippen molar-refractivity contribution in [1.29, 1.82) is 0 Å². The summed E-state index contributed by atoms with van der Waals surface area (Å²) in [4.78, 5) is 0. The smallest absolute Gasteiger partial charge is 0.0626 e. The average Bonchev–Trinajstić information content (AvgIpc) is 1.68. The highest BCUT2D eigenvalue weighted by Gasteiger charge is 1.86. The summed E-state index contributed by atoms with van der Waals surface area (Å²) in [6.07, 6.45) is 1.89. The third kappa shape index (κ3) is 4.12. The summed E-state index contributed by atoms with van der Waals surface area (Å²) < 4.78 is 0. The van der Waals surface area contributed by atoms with Crippen molar-refractivity contribution in [1.82, 2.24) is 0 Å². The number of aliphatic hydroxyl groups is 2. The van der Waals surface area contributed by atoms with E-state index in [1.54, 1.807) is 0 Å². The molecular formula is C5H9ClO2. The molecule has 0 aromatic rings. The molecule has 0 radical (unpaired) electrons. The predicted molar refractivity (Wildman–Crippen MR) is 32.7 cm³/mol. The van der Waals surface area contributed by atoms with Crippen molar-refractivity contribution >= 4 is 11.6 Å². The van der Waals surface area contributed by atoms with E-state index in [4.69, 9.17) is 21.8 Å². The zero-order chi connectivity index (χ0) is 6.41. The van der Waals surface area contributed by atoms with E-state index in [1.165, 1.54) is 6.08 Å². The fourth-order valence-corrected chi connectivity index (χ4v) is 0.461. The number of aliphatic hydroxyl groups excluding tert-OH is 2. The van der Waals surface area contributed by atoms with Gasteiger partial charge in [-0.2, -0.15) is 0 Å². The first kappa shape index (κ1) is 7.95. The van der Waals surface area contributed by atoms with Gasteiger partial charge in [-0.3, -0.25) is 0 Å². The van der Waals surface area contributed by atoms with E-state index in [-0.39, 0.29) is 13.2 Å². The van der Waals surface area contributed by atoms with Crippen LogP contribution in [-0.2, 0) is 0 Å². The van der Waals surface area contributed by atoms with Gasteiger partial charge < -0.3 is 10.2 Å². The molecule has 0 aliphatic carbocycles. The fourth-order valence-electron chi connectivity index (χ4n) is 0.308. The first-order valence-electron chi connectivity index (χ1n) is 2.37. The summed E-state index contributed by atoms with van der Waals surface area (Å²) in [5, 5.41) is 17.0. The Morgan fingerprint density at radius 2 is 2.12 bits per heavy atom. The van der Waals surface area contributed by atoms with Crippen LogP contribution in [0.2, 0.25) is 0 Å². The topological polar surface area (TPSA) is 40.5 Å². The maximum atomic E-state index is 8.26. The average molecular weight is 137 g/mol. The van der Waals surface area contributed by atoms with Crippen molar-refractivity contribution in [3.8, 4) is 0 Å². The lowest BCUT2D eigenvalue weighted by Crippen LogP contribution is -1.83. The van der Waals surface area contributed by atoms with E-state index in [9.17, 15) is 0 Å². The monoisotopic (exact) mass is 136 g/mol. The molecule has 48 valence electrons. The Labute approximate surface area is 53.4 Å². The van der Waals surface area contributed by atoms with Gasteiger partial charge in [-0.15, -0.1) is 0 Å². The minimum atomic E-state index is -0.0567. The van der Waals surface area contributed by atoms with Gasteiger partial charge in [0.05, 0.1) is 6.61 Å². The lowest BCUT2D eigenvalue weighted by Gasteiger charge is -1.89. The Morgan fingerprint density at radius 3 is 2.50 bits per heavy atom. The molecule has 0 rings (SSSR count). The molecule has 0 fully saturated rings. The van der Waals surface area contributed by atoms with Crippen LogP contribution in [0.1, 0.15) is 6.42 Å². The minimum absolute atomic E-state index is 0.0370. The molecule has 2 N–H and O–H groups in total. The number of hydrogen-bond donors (Lipinski definition) is 2. The van der Waals surface area contributed by atoms with Crippen molar-refractivity contribution in [3.63, 3.8) is 0 Å². The molecule has 0 spiro atoms. The van der Waals surface area contributed by atoms with Crippen molar-refractivity contribution in [3.05, 3.63) is 11.1 Å². The van der Waals surface area contributed by atoms with Crippen LogP contribution in [0.5, 0.6) is 0 Å². The Morgan fingerprint density at radius 1 is 1.50 bits per heavy atom. The molecule has 0 aliphatic rings. The normalized spacial score (nSPS) is 12.1. The largest absolute Gasteiger partial charge is 0.396 e. The summed E-state index contributed by atoms with van der Waals surface area (Å²) in [7, 11) is 0. The molecule has 0 amide bonds. The highest BCUT2D eigenvalue weighted by atomic mass is 35.5. The predicted octanol–water partition coefficient (Wildman–Crippen LogP) is 0.484.